The van der Waals surface area contributed by atoms with Crippen molar-refractivity contribution in [3.63, 3.8) is 0 Å². The first-order chi connectivity index (χ1) is 10.0. The molecule has 0 aromatic carbocycles. The molecule has 21 heavy (non-hydrogen) atoms. The van der Waals surface area contributed by atoms with E-state index in [0.29, 0.717) is 18.6 Å². The van der Waals surface area contributed by atoms with Crippen molar-refractivity contribution in [2.75, 3.05) is 32.4 Å². The highest BCUT2D eigenvalue weighted by atomic mass is 32.2. The van der Waals surface area contributed by atoms with Gasteiger partial charge in [0.15, 0.2) is 0 Å². The molecule has 5 nitrogen and oxygen atoms in total. The first kappa shape index (κ1) is 15.3. The number of hydrogen-bond acceptors (Lipinski definition) is 3. The second-order valence-corrected chi connectivity index (χ2v) is 8.70. The molecule has 3 rings (SSSR count). The Bertz CT molecular complexity index is 433. The van der Waals surface area contributed by atoms with E-state index >= 15 is 0 Å². The molecule has 6 heteroatoms. The van der Waals surface area contributed by atoms with Crippen molar-refractivity contribution >= 4 is 16.8 Å². The van der Waals surface area contributed by atoms with Gasteiger partial charge in [-0.15, -0.1) is 0 Å². The van der Waals surface area contributed by atoms with E-state index in [1.807, 2.05) is 4.90 Å². The molecule has 0 aromatic heterocycles. The Morgan fingerprint density at radius 1 is 1.33 bits per heavy atom. The smallest absolute Gasteiger partial charge is 0.317 e. The third kappa shape index (κ3) is 3.11. The minimum atomic E-state index is -0.842. The summed E-state index contributed by atoms with van der Waals surface area (Å²) in [6.07, 6.45) is 7.37. The zero-order chi connectivity index (χ0) is 15.0. The number of urea groups is 1. The first-order valence-electron chi connectivity index (χ1n) is 8.14. The Morgan fingerprint density at radius 2 is 2.00 bits per heavy atom. The molecule has 1 aliphatic carbocycles. The van der Waals surface area contributed by atoms with Crippen molar-refractivity contribution in [3.8, 4) is 0 Å². The third-order valence-corrected chi connectivity index (χ3v) is 7.22. The Labute approximate surface area is 129 Å². The van der Waals surface area contributed by atoms with Gasteiger partial charge in [-0.25, -0.2) is 4.79 Å². The average Bonchev–Trinajstić information content (AvgIpc) is 2.87. The molecule has 0 bridgehead atoms. The number of likely N-dealkylation sites (tertiary alicyclic amines) is 2. The summed E-state index contributed by atoms with van der Waals surface area (Å²) >= 11 is 0. The fourth-order valence-corrected chi connectivity index (χ4v) is 4.65. The minimum absolute atomic E-state index is 0.0286. The highest BCUT2D eigenvalue weighted by molar-refractivity contribution is 7.86. The second-order valence-electron chi connectivity index (χ2n) is 6.93. The van der Waals surface area contributed by atoms with Gasteiger partial charge in [0.2, 0.25) is 0 Å². The quantitative estimate of drug-likeness (QED) is 0.847. The summed E-state index contributed by atoms with van der Waals surface area (Å²) in [6.45, 7) is 5.91. The molecule has 2 saturated heterocycles. The van der Waals surface area contributed by atoms with Crippen molar-refractivity contribution in [1.29, 1.82) is 0 Å². The Hall–Kier alpha value is -0.620. The van der Waals surface area contributed by atoms with E-state index in [0.717, 1.165) is 25.8 Å². The van der Waals surface area contributed by atoms with E-state index in [9.17, 15) is 9.00 Å². The van der Waals surface area contributed by atoms with Crippen molar-refractivity contribution in [2.24, 2.45) is 0 Å². The van der Waals surface area contributed by atoms with Crippen molar-refractivity contribution in [1.82, 2.24) is 15.1 Å². The predicted molar refractivity (Wildman–Crippen MR) is 84.8 cm³/mol. The van der Waals surface area contributed by atoms with Crippen LogP contribution in [0.2, 0.25) is 0 Å². The molecule has 3 unspecified atom stereocenters. The van der Waals surface area contributed by atoms with Gasteiger partial charge in [-0.05, 0) is 52.1 Å². The van der Waals surface area contributed by atoms with Crippen LogP contribution in [0, 0.1) is 0 Å². The number of nitrogens with zero attached hydrogens (tertiary/aromatic N) is 2. The van der Waals surface area contributed by atoms with Gasteiger partial charge in [-0.2, -0.15) is 0 Å². The van der Waals surface area contributed by atoms with Crippen LogP contribution in [0.25, 0.3) is 0 Å². The van der Waals surface area contributed by atoms with Gasteiger partial charge in [-0.1, -0.05) is 0 Å². The lowest BCUT2D eigenvalue weighted by Crippen LogP contribution is -2.46. The lowest BCUT2D eigenvalue weighted by molar-refractivity contribution is 0.189. The van der Waals surface area contributed by atoms with Crippen LogP contribution >= 0.6 is 0 Å². The van der Waals surface area contributed by atoms with Crippen LogP contribution in [-0.2, 0) is 10.8 Å². The lowest BCUT2D eigenvalue weighted by atomic mass is 10.2. The van der Waals surface area contributed by atoms with Crippen molar-refractivity contribution in [2.45, 2.75) is 55.9 Å². The van der Waals surface area contributed by atoms with E-state index < -0.39 is 10.8 Å². The molecule has 0 spiro atoms. The Kier molecular flexibility index (Phi) is 4.28. The maximum absolute atomic E-state index is 12.4. The summed E-state index contributed by atoms with van der Waals surface area (Å²) in [5, 5.41) is 3.03. The molecule has 0 radical (unpaired) electrons. The molecular weight excluding hydrogens is 286 g/mol. The summed E-state index contributed by atoms with van der Waals surface area (Å²) < 4.78 is 11.6. The summed E-state index contributed by atoms with van der Waals surface area (Å²) in [7, 11) is -0.842. The van der Waals surface area contributed by atoms with Crippen LogP contribution < -0.4 is 5.32 Å². The number of carbonyl (C=O) groups excluding carboxylic acids is 1. The SMILES string of the molecule is CC1CC(N2CCCC2)CN1C(=O)NCC1(S(C)=O)CC1. The maximum atomic E-state index is 12.4. The third-order valence-electron chi connectivity index (χ3n) is 5.45. The van der Waals surface area contributed by atoms with Crippen molar-refractivity contribution in [3.05, 3.63) is 0 Å². The zero-order valence-electron chi connectivity index (χ0n) is 13.1. The van der Waals surface area contributed by atoms with Crippen LogP contribution in [0.15, 0.2) is 0 Å². The van der Waals surface area contributed by atoms with Crippen LogP contribution in [-0.4, -0.2) is 69.3 Å². The number of carbonyl (C=O) groups is 1. The van der Waals surface area contributed by atoms with E-state index in [4.69, 9.17) is 0 Å². The van der Waals surface area contributed by atoms with E-state index in [1.165, 1.54) is 25.9 Å². The molecule has 3 fully saturated rings. The highest BCUT2D eigenvalue weighted by Crippen LogP contribution is 2.40. The number of amides is 2. The lowest BCUT2D eigenvalue weighted by Gasteiger charge is -2.25. The monoisotopic (exact) mass is 313 g/mol. The molecule has 2 heterocycles. The normalized spacial score (nSPS) is 33.1. The van der Waals surface area contributed by atoms with E-state index in [1.54, 1.807) is 6.26 Å². The van der Waals surface area contributed by atoms with Crippen molar-refractivity contribution < 1.29 is 9.00 Å². The van der Waals surface area contributed by atoms with Gasteiger partial charge >= 0.3 is 6.03 Å². The van der Waals surface area contributed by atoms with Gasteiger partial charge in [0.25, 0.3) is 0 Å². The maximum Gasteiger partial charge on any atom is 0.317 e. The molecule has 0 aromatic rings. The molecule has 1 N–H and O–H groups in total. The molecule has 2 amide bonds. The standard InChI is InChI=1S/C15H27N3O2S/c1-12-9-13(17-7-3-4-8-17)10-18(12)14(19)16-11-15(5-6-15)21(2)20/h12-13H,3-11H2,1-2H3,(H,16,19). The van der Waals surface area contributed by atoms with Gasteiger partial charge in [0, 0.05) is 42.2 Å². The predicted octanol–water partition coefficient (Wildman–Crippen LogP) is 1.17. The highest BCUT2D eigenvalue weighted by Gasteiger charge is 2.47. The van der Waals surface area contributed by atoms with Gasteiger partial charge in [0.05, 0.1) is 4.75 Å². The minimum Gasteiger partial charge on any atom is -0.336 e. The van der Waals surface area contributed by atoms with Crippen LogP contribution in [0.1, 0.15) is 39.0 Å². The average molecular weight is 313 g/mol. The molecule has 2 aliphatic heterocycles. The first-order valence-corrected chi connectivity index (χ1v) is 9.70. The van der Waals surface area contributed by atoms with Gasteiger partial charge < -0.3 is 10.2 Å². The molecular formula is C15H27N3O2S. The van der Waals surface area contributed by atoms with Crippen LogP contribution in [0.4, 0.5) is 4.79 Å². The zero-order valence-corrected chi connectivity index (χ0v) is 14.0. The number of rotatable bonds is 4. The number of nitrogens with one attached hydrogen (secondary N) is 1. The van der Waals surface area contributed by atoms with Gasteiger partial charge in [-0.3, -0.25) is 9.11 Å². The summed E-state index contributed by atoms with van der Waals surface area (Å²) in [4.78, 5) is 16.9. The fraction of sp³-hybridized carbons (Fsp3) is 0.933. The van der Waals surface area contributed by atoms with Gasteiger partial charge in [0.1, 0.15) is 0 Å². The largest absolute Gasteiger partial charge is 0.336 e. The molecule has 3 atom stereocenters. The van der Waals surface area contributed by atoms with Crippen LogP contribution in [0.5, 0.6) is 0 Å². The second kappa shape index (κ2) is 5.88. The molecule has 1 saturated carbocycles. The number of hydrogen-bond donors (Lipinski definition) is 1. The Morgan fingerprint density at radius 3 is 2.57 bits per heavy atom. The topological polar surface area (TPSA) is 52.6 Å². The summed E-state index contributed by atoms with van der Waals surface area (Å²) in [5.41, 5.74) is 0. The summed E-state index contributed by atoms with van der Waals surface area (Å²) in [5.74, 6) is 0. The molecule has 3 aliphatic rings. The van der Waals surface area contributed by atoms with E-state index in [-0.39, 0.29) is 10.8 Å². The van der Waals surface area contributed by atoms with Crippen LogP contribution in [0.3, 0.4) is 0 Å². The van der Waals surface area contributed by atoms with E-state index in [2.05, 4.69) is 17.1 Å². The Balaban J connectivity index is 1.51. The summed E-state index contributed by atoms with van der Waals surface area (Å²) in [6, 6.07) is 0.863. The molecule has 120 valence electrons. The fourth-order valence-electron chi connectivity index (χ4n) is 3.70.